The summed E-state index contributed by atoms with van der Waals surface area (Å²) in [4.78, 5) is 2.51. The third-order valence-corrected chi connectivity index (χ3v) is 2.80. The molecule has 0 fully saturated rings. The van der Waals surface area contributed by atoms with Crippen LogP contribution < -0.4 is 5.73 Å². The lowest BCUT2D eigenvalue weighted by Gasteiger charge is -2.28. The molecule has 92 valence electrons. The minimum atomic E-state index is 0.623. The zero-order valence-corrected chi connectivity index (χ0v) is 10.7. The number of nitrogens with zero attached hydrogens (tertiary/aromatic N) is 1. The van der Waals surface area contributed by atoms with Crippen molar-refractivity contribution in [2.45, 2.75) is 46.1 Å². The molecule has 0 aliphatic heterocycles. The second-order valence-corrected chi connectivity index (χ2v) is 4.05. The molecular formula is C12H28N2O. The Hall–Kier alpha value is -0.120. The van der Waals surface area contributed by atoms with E-state index in [2.05, 4.69) is 25.7 Å². The topological polar surface area (TPSA) is 38.5 Å². The minimum Gasteiger partial charge on any atom is -0.379 e. The molecule has 0 spiro atoms. The van der Waals surface area contributed by atoms with Crippen LogP contribution in [0.15, 0.2) is 0 Å². The van der Waals surface area contributed by atoms with Crippen LogP contribution in [-0.2, 0) is 4.74 Å². The first-order valence-electron chi connectivity index (χ1n) is 6.28. The molecule has 0 aromatic heterocycles. The van der Waals surface area contributed by atoms with E-state index in [0.717, 1.165) is 13.2 Å². The average molecular weight is 216 g/mol. The molecule has 1 atom stereocenters. The van der Waals surface area contributed by atoms with E-state index in [4.69, 9.17) is 10.5 Å². The highest BCUT2D eigenvalue weighted by Crippen LogP contribution is 2.05. The van der Waals surface area contributed by atoms with E-state index in [1.54, 1.807) is 0 Å². The van der Waals surface area contributed by atoms with E-state index >= 15 is 0 Å². The van der Waals surface area contributed by atoms with Gasteiger partial charge in [-0.05, 0) is 26.3 Å². The van der Waals surface area contributed by atoms with Crippen LogP contribution in [0.1, 0.15) is 40.0 Å². The SMILES string of the molecule is CCCCN(CCOCCN)C(C)CC. The van der Waals surface area contributed by atoms with Crippen molar-refractivity contribution in [2.24, 2.45) is 5.73 Å². The molecule has 0 saturated heterocycles. The molecule has 0 saturated carbocycles. The molecule has 3 heteroatoms. The van der Waals surface area contributed by atoms with Crippen LogP contribution in [0.2, 0.25) is 0 Å². The quantitative estimate of drug-likeness (QED) is 0.567. The summed E-state index contributed by atoms with van der Waals surface area (Å²) in [7, 11) is 0. The summed E-state index contributed by atoms with van der Waals surface area (Å²) in [5.74, 6) is 0. The summed E-state index contributed by atoms with van der Waals surface area (Å²) in [5.41, 5.74) is 5.37. The van der Waals surface area contributed by atoms with Gasteiger partial charge in [0.05, 0.1) is 13.2 Å². The second kappa shape index (κ2) is 10.4. The first kappa shape index (κ1) is 14.9. The fourth-order valence-electron chi connectivity index (χ4n) is 1.54. The number of unbranched alkanes of at least 4 members (excludes halogenated alkanes) is 1. The van der Waals surface area contributed by atoms with E-state index in [9.17, 15) is 0 Å². The third kappa shape index (κ3) is 7.77. The zero-order chi connectivity index (χ0) is 11.5. The van der Waals surface area contributed by atoms with Crippen LogP contribution in [0.3, 0.4) is 0 Å². The lowest BCUT2D eigenvalue weighted by molar-refractivity contribution is 0.0923. The van der Waals surface area contributed by atoms with E-state index in [1.165, 1.54) is 25.8 Å². The number of hydrogen-bond acceptors (Lipinski definition) is 3. The largest absolute Gasteiger partial charge is 0.379 e. The van der Waals surface area contributed by atoms with Crippen molar-refractivity contribution >= 4 is 0 Å². The van der Waals surface area contributed by atoms with Gasteiger partial charge in [-0.15, -0.1) is 0 Å². The summed E-state index contributed by atoms with van der Waals surface area (Å²) in [6.45, 7) is 11.1. The Morgan fingerprint density at radius 3 is 2.47 bits per heavy atom. The highest BCUT2D eigenvalue weighted by Gasteiger charge is 2.10. The Morgan fingerprint density at radius 1 is 1.20 bits per heavy atom. The first-order chi connectivity index (χ1) is 7.26. The van der Waals surface area contributed by atoms with E-state index < -0.39 is 0 Å². The van der Waals surface area contributed by atoms with Gasteiger partial charge in [-0.1, -0.05) is 20.3 Å². The van der Waals surface area contributed by atoms with E-state index in [-0.39, 0.29) is 0 Å². The molecule has 0 rings (SSSR count). The minimum absolute atomic E-state index is 0.623. The Balaban J connectivity index is 3.69. The fraction of sp³-hybridized carbons (Fsp3) is 1.00. The Kier molecular flexibility index (Phi) is 10.3. The predicted octanol–water partition coefficient (Wildman–Crippen LogP) is 1.86. The van der Waals surface area contributed by atoms with Crippen LogP contribution in [0.5, 0.6) is 0 Å². The summed E-state index contributed by atoms with van der Waals surface area (Å²) in [6.07, 6.45) is 3.75. The van der Waals surface area contributed by atoms with Crippen molar-refractivity contribution in [3.8, 4) is 0 Å². The molecule has 0 bridgehead atoms. The average Bonchev–Trinajstić information content (AvgIpc) is 2.27. The number of hydrogen-bond donors (Lipinski definition) is 1. The van der Waals surface area contributed by atoms with Crippen LogP contribution in [0, 0.1) is 0 Å². The van der Waals surface area contributed by atoms with Crippen molar-refractivity contribution in [1.29, 1.82) is 0 Å². The smallest absolute Gasteiger partial charge is 0.0594 e. The molecule has 0 amide bonds. The molecule has 0 aliphatic carbocycles. The lowest BCUT2D eigenvalue weighted by Crippen LogP contribution is -2.36. The van der Waals surface area contributed by atoms with Crippen LogP contribution in [-0.4, -0.2) is 43.8 Å². The monoisotopic (exact) mass is 216 g/mol. The number of rotatable bonds is 10. The van der Waals surface area contributed by atoms with Gasteiger partial charge >= 0.3 is 0 Å². The highest BCUT2D eigenvalue weighted by atomic mass is 16.5. The Labute approximate surface area is 95.0 Å². The molecule has 0 aliphatic rings. The van der Waals surface area contributed by atoms with Gasteiger partial charge in [0.25, 0.3) is 0 Å². The van der Waals surface area contributed by atoms with Crippen molar-refractivity contribution in [1.82, 2.24) is 4.90 Å². The number of nitrogens with two attached hydrogens (primary N) is 1. The van der Waals surface area contributed by atoms with E-state index in [1.807, 2.05) is 0 Å². The summed E-state index contributed by atoms with van der Waals surface area (Å²) in [6, 6.07) is 0.665. The molecule has 0 aromatic carbocycles. The molecule has 0 heterocycles. The predicted molar refractivity (Wildman–Crippen MR) is 66.1 cm³/mol. The molecule has 1 unspecified atom stereocenters. The van der Waals surface area contributed by atoms with Gasteiger partial charge in [-0.2, -0.15) is 0 Å². The standard InChI is InChI=1S/C12H28N2O/c1-4-6-8-14(12(3)5-2)9-11-15-10-7-13/h12H,4-11,13H2,1-3H3. The molecule has 0 radical (unpaired) electrons. The summed E-state index contributed by atoms with van der Waals surface area (Å²) >= 11 is 0. The van der Waals surface area contributed by atoms with Gasteiger partial charge in [0.1, 0.15) is 0 Å². The van der Waals surface area contributed by atoms with Gasteiger partial charge in [0.15, 0.2) is 0 Å². The Bertz CT molecular complexity index is 131. The lowest BCUT2D eigenvalue weighted by atomic mass is 10.2. The zero-order valence-electron chi connectivity index (χ0n) is 10.7. The van der Waals surface area contributed by atoms with Crippen molar-refractivity contribution in [2.75, 3.05) is 32.8 Å². The highest BCUT2D eigenvalue weighted by molar-refractivity contribution is 4.65. The molecule has 2 N–H and O–H groups in total. The molecule has 3 nitrogen and oxygen atoms in total. The van der Waals surface area contributed by atoms with Gasteiger partial charge in [0, 0.05) is 19.1 Å². The maximum absolute atomic E-state index is 5.42. The first-order valence-corrected chi connectivity index (χ1v) is 6.28. The molecular weight excluding hydrogens is 188 g/mol. The summed E-state index contributed by atoms with van der Waals surface area (Å²) < 4.78 is 5.42. The van der Waals surface area contributed by atoms with Crippen molar-refractivity contribution in [3.63, 3.8) is 0 Å². The summed E-state index contributed by atoms with van der Waals surface area (Å²) in [5, 5.41) is 0. The number of ether oxygens (including phenoxy) is 1. The van der Waals surface area contributed by atoms with Crippen LogP contribution >= 0.6 is 0 Å². The molecule has 15 heavy (non-hydrogen) atoms. The maximum Gasteiger partial charge on any atom is 0.0594 e. The Morgan fingerprint density at radius 2 is 1.93 bits per heavy atom. The van der Waals surface area contributed by atoms with Gasteiger partial charge in [-0.3, -0.25) is 4.90 Å². The molecule has 0 aromatic rings. The van der Waals surface area contributed by atoms with Crippen LogP contribution in [0.4, 0.5) is 0 Å². The maximum atomic E-state index is 5.42. The fourth-order valence-corrected chi connectivity index (χ4v) is 1.54. The van der Waals surface area contributed by atoms with E-state index in [0.29, 0.717) is 19.2 Å². The third-order valence-electron chi connectivity index (χ3n) is 2.80. The van der Waals surface area contributed by atoms with Crippen molar-refractivity contribution in [3.05, 3.63) is 0 Å². The normalized spacial score (nSPS) is 13.4. The van der Waals surface area contributed by atoms with Gasteiger partial charge in [0.2, 0.25) is 0 Å². The second-order valence-electron chi connectivity index (χ2n) is 4.05. The van der Waals surface area contributed by atoms with Crippen LogP contribution in [0.25, 0.3) is 0 Å². The van der Waals surface area contributed by atoms with Gasteiger partial charge in [-0.25, -0.2) is 0 Å². The van der Waals surface area contributed by atoms with Crippen molar-refractivity contribution < 1.29 is 4.74 Å². The van der Waals surface area contributed by atoms with Gasteiger partial charge < -0.3 is 10.5 Å².